The second-order valence-electron chi connectivity index (χ2n) is 4.40. The van der Waals surface area contributed by atoms with Gasteiger partial charge in [0.25, 0.3) is 0 Å². The van der Waals surface area contributed by atoms with Crippen LogP contribution >= 0.6 is 11.3 Å². The van der Waals surface area contributed by atoms with Crippen molar-refractivity contribution in [3.63, 3.8) is 0 Å². The number of anilines is 1. The monoisotopic (exact) mass is 261 g/mol. The Morgan fingerprint density at radius 2 is 2.28 bits per heavy atom. The SMILES string of the molecule is CCNC(Cc1cnccc1N)c1cscc1C. The molecule has 96 valence electrons. The Kier molecular flexibility index (Phi) is 4.33. The molecule has 2 rings (SSSR count). The average Bonchev–Trinajstić information content (AvgIpc) is 2.78. The number of nitrogens with two attached hydrogens (primary N) is 1. The van der Waals surface area contributed by atoms with E-state index >= 15 is 0 Å². The number of rotatable bonds is 5. The summed E-state index contributed by atoms with van der Waals surface area (Å²) >= 11 is 1.75. The third-order valence-electron chi connectivity index (χ3n) is 3.09. The van der Waals surface area contributed by atoms with Crippen LogP contribution in [0.25, 0.3) is 0 Å². The summed E-state index contributed by atoms with van der Waals surface area (Å²) in [6.07, 6.45) is 4.48. The van der Waals surface area contributed by atoms with Crippen LogP contribution in [0.3, 0.4) is 0 Å². The summed E-state index contributed by atoms with van der Waals surface area (Å²) < 4.78 is 0. The minimum atomic E-state index is 0.313. The minimum absolute atomic E-state index is 0.313. The van der Waals surface area contributed by atoms with Gasteiger partial charge in [0.1, 0.15) is 0 Å². The Bertz CT molecular complexity index is 507. The van der Waals surface area contributed by atoms with Crippen molar-refractivity contribution in [3.05, 3.63) is 45.9 Å². The zero-order chi connectivity index (χ0) is 13.0. The predicted octanol–water partition coefficient (Wildman–Crippen LogP) is 2.93. The van der Waals surface area contributed by atoms with Crippen LogP contribution in [0, 0.1) is 6.92 Å². The molecule has 1 unspecified atom stereocenters. The van der Waals surface area contributed by atoms with Gasteiger partial charge < -0.3 is 11.1 Å². The first-order valence-electron chi connectivity index (χ1n) is 6.16. The van der Waals surface area contributed by atoms with Crippen molar-refractivity contribution in [1.82, 2.24) is 10.3 Å². The van der Waals surface area contributed by atoms with Crippen LogP contribution in [0.4, 0.5) is 5.69 Å². The number of thiophene rings is 1. The highest BCUT2D eigenvalue weighted by atomic mass is 32.1. The van der Waals surface area contributed by atoms with Gasteiger partial charge in [0.2, 0.25) is 0 Å². The molecule has 0 aliphatic carbocycles. The Labute approximate surface area is 112 Å². The van der Waals surface area contributed by atoms with Crippen LogP contribution in [0.5, 0.6) is 0 Å². The Balaban J connectivity index is 2.22. The fourth-order valence-corrected chi connectivity index (χ4v) is 3.00. The van der Waals surface area contributed by atoms with Crippen LogP contribution in [-0.2, 0) is 6.42 Å². The van der Waals surface area contributed by atoms with E-state index in [0.29, 0.717) is 6.04 Å². The van der Waals surface area contributed by atoms with Crippen LogP contribution in [0.15, 0.2) is 29.2 Å². The molecule has 2 aromatic rings. The van der Waals surface area contributed by atoms with E-state index in [-0.39, 0.29) is 0 Å². The molecule has 0 fully saturated rings. The second-order valence-corrected chi connectivity index (χ2v) is 5.14. The van der Waals surface area contributed by atoms with E-state index in [1.807, 2.05) is 12.3 Å². The molecule has 18 heavy (non-hydrogen) atoms. The quantitative estimate of drug-likeness (QED) is 0.870. The van der Waals surface area contributed by atoms with Crippen LogP contribution < -0.4 is 11.1 Å². The first-order valence-corrected chi connectivity index (χ1v) is 7.11. The number of pyridine rings is 1. The Hall–Kier alpha value is -1.39. The predicted molar refractivity (Wildman–Crippen MR) is 77.8 cm³/mol. The zero-order valence-electron chi connectivity index (χ0n) is 10.8. The number of nitrogens with zero attached hydrogens (tertiary/aromatic N) is 1. The summed E-state index contributed by atoms with van der Waals surface area (Å²) in [7, 11) is 0. The standard InChI is InChI=1S/C14H19N3S/c1-3-17-14(12-9-18-8-10(12)2)6-11-7-16-5-4-13(11)15/h4-5,7-9,14,17H,3,6H2,1-2H3,(H2,15,16). The van der Waals surface area contributed by atoms with Crippen LogP contribution in [-0.4, -0.2) is 11.5 Å². The lowest BCUT2D eigenvalue weighted by molar-refractivity contribution is 0.549. The van der Waals surface area contributed by atoms with E-state index in [1.165, 1.54) is 11.1 Å². The van der Waals surface area contributed by atoms with Crippen molar-refractivity contribution >= 4 is 17.0 Å². The van der Waals surface area contributed by atoms with Crippen molar-refractivity contribution in [2.45, 2.75) is 26.3 Å². The number of likely N-dealkylation sites (N-methyl/N-ethyl adjacent to an activating group) is 1. The normalized spacial score (nSPS) is 12.6. The summed E-state index contributed by atoms with van der Waals surface area (Å²) in [6, 6.07) is 2.17. The maximum atomic E-state index is 5.99. The van der Waals surface area contributed by atoms with Gasteiger partial charge in [-0.05, 0) is 53.4 Å². The number of hydrogen-bond donors (Lipinski definition) is 2. The molecule has 2 heterocycles. The van der Waals surface area contributed by atoms with Gasteiger partial charge in [0.05, 0.1) is 0 Å². The molecule has 0 bridgehead atoms. The molecule has 3 nitrogen and oxygen atoms in total. The van der Waals surface area contributed by atoms with E-state index in [1.54, 1.807) is 17.5 Å². The van der Waals surface area contributed by atoms with E-state index in [4.69, 9.17) is 5.73 Å². The van der Waals surface area contributed by atoms with Crippen LogP contribution in [0.2, 0.25) is 0 Å². The summed E-state index contributed by atoms with van der Waals surface area (Å²) in [5, 5.41) is 7.93. The third kappa shape index (κ3) is 2.89. The van der Waals surface area contributed by atoms with Crippen molar-refractivity contribution in [3.8, 4) is 0 Å². The van der Waals surface area contributed by atoms with Gasteiger partial charge in [0.15, 0.2) is 0 Å². The van der Waals surface area contributed by atoms with E-state index in [0.717, 1.165) is 24.2 Å². The van der Waals surface area contributed by atoms with Crippen molar-refractivity contribution in [2.24, 2.45) is 0 Å². The van der Waals surface area contributed by atoms with Gasteiger partial charge in [-0.1, -0.05) is 6.92 Å². The van der Waals surface area contributed by atoms with Crippen molar-refractivity contribution < 1.29 is 0 Å². The highest BCUT2D eigenvalue weighted by Crippen LogP contribution is 2.26. The lowest BCUT2D eigenvalue weighted by Gasteiger charge is -2.19. The second kappa shape index (κ2) is 5.98. The average molecular weight is 261 g/mol. The first kappa shape index (κ1) is 13.1. The summed E-state index contributed by atoms with van der Waals surface area (Å²) in [5.74, 6) is 0. The molecule has 1 atom stereocenters. The summed E-state index contributed by atoms with van der Waals surface area (Å²) in [6.45, 7) is 5.23. The first-order chi connectivity index (χ1) is 8.72. The molecule has 4 heteroatoms. The number of nitrogens with one attached hydrogen (secondary N) is 1. The molecular weight excluding hydrogens is 242 g/mol. The molecule has 2 aromatic heterocycles. The maximum absolute atomic E-state index is 5.99. The fraction of sp³-hybridized carbons (Fsp3) is 0.357. The zero-order valence-corrected chi connectivity index (χ0v) is 11.6. The molecule has 0 radical (unpaired) electrons. The molecule has 3 N–H and O–H groups in total. The fourth-order valence-electron chi connectivity index (χ4n) is 2.09. The van der Waals surface area contributed by atoms with Crippen molar-refractivity contribution in [2.75, 3.05) is 12.3 Å². The summed E-state index contributed by atoms with van der Waals surface area (Å²) in [5.41, 5.74) is 10.6. The topological polar surface area (TPSA) is 50.9 Å². The van der Waals surface area contributed by atoms with E-state index in [2.05, 4.69) is 34.9 Å². The lowest BCUT2D eigenvalue weighted by Crippen LogP contribution is -2.23. The van der Waals surface area contributed by atoms with Gasteiger partial charge in [0, 0.05) is 24.1 Å². The highest BCUT2D eigenvalue weighted by molar-refractivity contribution is 7.08. The molecular formula is C14H19N3S. The highest BCUT2D eigenvalue weighted by Gasteiger charge is 2.15. The Morgan fingerprint density at radius 3 is 2.89 bits per heavy atom. The number of aryl methyl sites for hydroxylation is 1. The maximum Gasteiger partial charge on any atom is 0.0378 e. The Morgan fingerprint density at radius 1 is 1.44 bits per heavy atom. The lowest BCUT2D eigenvalue weighted by atomic mass is 9.99. The van der Waals surface area contributed by atoms with Gasteiger partial charge in [-0.25, -0.2) is 0 Å². The van der Waals surface area contributed by atoms with Gasteiger partial charge >= 0.3 is 0 Å². The number of aromatic nitrogens is 1. The van der Waals surface area contributed by atoms with Gasteiger partial charge in [-0.3, -0.25) is 4.98 Å². The van der Waals surface area contributed by atoms with Gasteiger partial charge in [-0.2, -0.15) is 11.3 Å². The van der Waals surface area contributed by atoms with E-state index in [9.17, 15) is 0 Å². The molecule has 0 aliphatic rings. The molecule has 0 spiro atoms. The summed E-state index contributed by atoms with van der Waals surface area (Å²) in [4.78, 5) is 4.16. The number of hydrogen-bond acceptors (Lipinski definition) is 4. The van der Waals surface area contributed by atoms with Crippen molar-refractivity contribution in [1.29, 1.82) is 0 Å². The molecule has 0 aromatic carbocycles. The van der Waals surface area contributed by atoms with Gasteiger partial charge in [-0.15, -0.1) is 0 Å². The van der Waals surface area contributed by atoms with Crippen LogP contribution in [0.1, 0.15) is 29.7 Å². The molecule has 0 aliphatic heterocycles. The van der Waals surface area contributed by atoms with E-state index < -0.39 is 0 Å². The molecule has 0 saturated heterocycles. The molecule has 0 amide bonds. The smallest absolute Gasteiger partial charge is 0.0378 e. The third-order valence-corrected chi connectivity index (χ3v) is 3.97. The minimum Gasteiger partial charge on any atom is -0.398 e. The molecule has 0 saturated carbocycles. The number of nitrogen functional groups attached to an aromatic ring is 1. The largest absolute Gasteiger partial charge is 0.398 e.